The molecule has 23 heavy (non-hydrogen) atoms. The van der Waals surface area contributed by atoms with E-state index in [0.717, 1.165) is 23.5 Å². The molecule has 116 valence electrons. The normalized spacial score (nSPS) is 13.1. The molecule has 5 nitrogen and oxygen atoms in total. The van der Waals surface area contributed by atoms with Crippen LogP contribution in [0, 0.1) is 0 Å². The van der Waals surface area contributed by atoms with Gasteiger partial charge in [-0.1, -0.05) is 6.07 Å². The van der Waals surface area contributed by atoms with E-state index < -0.39 is 0 Å². The number of hydrogen-bond acceptors (Lipinski definition) is 4. The number of aryl methyl sites for hydroxylation is 2. The number of anilines is 2. The summed E-state index contributed by atoms with van der Waals surface area (Å²) in [5, 5.41) is 12.4. The Balaban J connectivity index is 1.59. The second kappa shape index (κ2) is 5.85. The third kappa shape index (κ3) is 2.83. The van der Waals surface area contributed by atoms with E-state index >= 15 is 0 Å². The SMILES string of the molecule is OCc1ccn(-c2ccnc(Nc3ccc4c(c3)CCC4)n2)c1. The molecule has 0 saturated heterocycles. The molecule has 1 aromatic carbocycles. The first-order valence-electron chi connectivity index (χ1n) is 7.82. The van der Waals surface area contributed by atoms with Crippen LogP contribution >= 0.6 is 0 Å². The average molecular weight is 306 g/mol. The van der Waals surface area contributed by atoms with Crippen molar-refractivity contribution in [3.63, 3.8) is 0 Å². The molecule has 0 atom stereocenters. The minimum absolute atomic E-state index is 0.0261. The molecule has 0 fully saturated rings. The summed E-state index contributed by atoms with van der Waals surface area (Å²) in [5.41, 5.74) is 4.75. The molecule has 0 radical (unpaired) electrons. The smallest absolute Gasteiger partial charge is 0.229 e. The summed E-state index contributed by atoms with van der Waals surface area (Å²) in [7, 11) is 0. The van der Waals surface area contributed by atoms with Crippen molar-refractivity contribution in [3.05, 3.63) is 65.6 Å². The van der Waals surface area contributed by atoms with Gasteiger partial charge in [0.25, 0.3) is 0 Å². The van der Waals surface area contributed by atoms with Crippen molar-refractivity contribution in [2.45, 2.75) is 25.9 Å². The largest absolute Gasteiger partial charge is 0.392 e. The van der Waals surface area contributed by atoms with Crippen molar-refractivity contribution in [1.82, 2.24) is 14.5 Å². The number of fused-ring (bicyclic) bond motifs is 1. The molecule has 2 aromatic heterocycles. The van der Waals surface area contributed by atoms with Crippen molar-refractivity contribution in [3.8, 4) is 5.82 Å². The molecule has 0 unspecified atom stereocenters. The number of rotatable bonds is 4. The Bertz CT molecular complexity index is 841. The maximum atomic E-state index is 9.17. The monoisotopic (exact) mass is 306 g/mol. The average Bonchev–Trinajstić information content (AvgIpc) is 3.24. The molecule has 0 saturated carbocycles. The van der Waals surface area contributed by atoms with Gasteiger partial charge in [-0.05, 0) is 60.2 Å². The van der Waals surface area contributed by atoms with Gasteiger partial charge in [-0.2, -0.15) is 4.98 Å². The number of aliphatic hydroxyl groups excluding tert-OH is 1. The third-order valence-electron chi connectivity index (χ3n) is 4.20. The molecule has 4 rings (SSSR count). The fourth-order valence-electron chi connectivity index (χ4n) is 3.01. The number of hydrogen-bond donors (Lipinski definition) is 2. The van der Waals surface area contributed by atoms with Crippen LogP contribution in [0.25, 0.3) is 5.82 Å². The second-order valence-electron chi connectivity index (χ2n) is 5.79. The fourth-order valence-corrected chi connectivity index (χ4v) is 3.01. The summed E-state index contributed by atoms with van der Waals surface area (Å²) in [6, 6.07) is 10.2. The number of benzene rings is 1. The maximum Gasteiger partial charge on any atom is 0.229 e. The van der Waals surface area contributed by atoms with Crippen LogP contribution in [0.4, 0.5) is 11.6 Å². The summed E-state index contributed by atoms with van der Waals surface area (Å²) >= 11 is 0. The van der Waals surface area contributed by atoms with Gasteiger partial charge in [-0.3, -0.25) is 0 Å². The Morgan fingerprint density at radius 2 is 2.04 bits per heavy atom. The van der Waals surface area contributed by atoms with Gasteiger partial charge in [0.2, 0.25) is 5.95 Å². The van der Waals surface area contributed by atoms with Crippen LogP contribution in [-0.4, -0.2) is 19.6 Å². The van der Waals surface area contributed by atoms with Gasteiger partial charge in [-0.15, -0.1) is 0 Å². The summed E-state index contributed by atoms with van der Waals surface area (Å²) < 4.78 is 1.88. The van der Waals surface area contributed by atoms with E-state index in [1.165, 1.54) is 24.0 Å². The van der Waals surface area contributed by atoms with E-state index in [4.69, 9.17) is 5.11 Å². The number of nitrogens with zero attached hydrogens (tertiary/aromatic N) is 3. The number of nitrogens with one attached hydrogen (secondary N) is 1. The van der Waals surface area contributed by atoms with Crippen LogP contribution in [-0.2, 0) is 19.4 Å². The van der Waals surface area contributed by atoms with Crippen LogP contribution in [0.15, 0.2) is 48.9 Å². The van der Waals surface area contributed by atoms with Crippen molar-refractivity contribution < 1.29 is 5.11 Å². The van der Waals surface area contributed by atoms with Gasteiger partial charge >= 0.3 is 0 Å². The Hall–Kier alpha value is -2.66. The van der Waals surface area contributed by atoms with E-state index in [-0.39, 0.29) is 6.61 Å². The highest BCUT2D eigenvalue weighted by atomic mass is 16.3. The Morgan fingerprint density at radius 3 is 2.91 bits per heavy atom. The highest BCUT2D eigenvalue weighted by Gasteiger charge is 2.11. The highest BCUT2D eigenvalue weighted by Crippen LogP contribution is 2.26. The molecule has 2 N–H and O–H groups in total. The Morgan fingerprint density at radius 1 is 1.13 bits per heavy atom. The lowest BCUT2D eigenvalue weighted by Crippen LogP contribution is -2.01. The molecule has 0 aliphatic heterocycles. The van der Waals surface area contributed by atoms with Crippen molar-refractivity contribution in [2.75, 3.05) is 5.32 Å². The van der Waals surface area contributed by atoms with Crippen molar-refractivity contribution in [1.29, 1.82) is 0 Å². The predicted octanol–water partition coefficient (Wildman–Crippen LogP) is 2.99. The third-order valence-corrected chi connectivity index (χ3v) is 4.20. The predicted molar refractivity (Wildman–Crippen MR) is 89.0 cm³/mol. The summed E-state index contributed by atoms with van der Waals surface area (Å²) in [6.45, 7) is 0.0261. The zero-order valence-electron chi connectivity index (χ0n) is 12.7. The standard InChI is InChI=1S/C18H18N4O/c23-12-13-7-9-22(11-13)17-6-8-19-18(21-17)20-16-5-4-14-2-1-3-15(14)10-16/h4-11,23H,1-3,12H2,(H,19,20,21). The molecule has 3 aromatic rings. The van der Waals surface area contributed by atoms with E-state index in [1.807, 2.05) is 29.1 Å². The van der Waals surface area contributed by atoms with Crippen LogP contribution in [0.5, 0.6) is 0 Å². The lowest BCUT2D eigenvalue weighted by molar-refractivity contribution is 0.282. The van der Waals surface area contributed by atoms with Crippen molar-refractivity contribution >= 4 is 11.6 Å². The van der Waals surface area contributed by atoms with E-state index in [0.29, 0.717) is 5.95 Å². The molecule has 2 heterocycles. The number of aliphatic hydroxyl groups is 1. The molecule has 0 spiro atoms. The molecule has 0 bridgehead atoms. The van der Waals surface area contributed by atoms with E-state index in [2.05, 4.69) is 33.5 Å². The topological polar surface area (TPSA) is 63.0 Å². The van der Waals surface area contributed by atoms with Crippen LogP contribution in [0.2, 0.25) is 0 Å². The second-order valence-corrected chi connectivity index (χ2v) is 5.79. The van der Waals surface area contributed by atoms with Crippen molar-refractivity contribution in [2.24, 2.45) is 0 Å². The first-order chi connectivity index (χ1) is 11.3. The lowest BCUT2D eigenvalue weighted by atomic mass is 10.1. The van der Waals surface area contributed by atoms with Gasteiger partial charge in [0.05, 0.1) is 6.61 Å². The summed E-state index contributed by atoms with van der Waals surface area (Å²) in [5.74, 6) is 1.34. The van der Waals surface area contributed by atoms with Gasteiger partial charge in [0, 0.05) is 24.3 Å². The van der Waals surface area contributed by atoms with Crippen LogP contribution in [0.1, 0.15) is 23.1 Å². The molecule has 1 aliphatic rings. The van der Waals surface area contributed by atoms with Gasteiger partial charge in [0.1, 0.15) is 5.82 Å². The Labute approximate surface area is 134 Å². The lowest BCUT2D eigenvalue weighted by Gasteiger charge is -2.08. The maximum absolute atomic E-state index is 9.17. The molecular formula is C18H18N4O. The molecule has 5 heteroatoms. The van der Waals surface area contributed by atoms with E-state index in [9.17, 15) is 0 Å². The molecule has 0 amide bonds. The zero-order valence-corrected chi connectivity index (χ0v) is 12.7. The summed E-state index contributed by atoms with van der Waals surface area (Å²) in [6.07, 6.45) is 9.05. The first kappa shape index (κ1) is 14.0. The molecular weight excluding hydrogens is 288 g/mol. The summed E-state index contributed by atoms with van der Waals surface area (Å²) in [4.78, 5) is 8.83. The zero-order chi connectivity index (χ0) is 15.6. The van der Waals surface area contributed by atoms with Gasteiger partial charge < -0.3 is 15.0 Å². The first-order valence-corrected chi connectivity index (χ1v) is 7.82. The fraction of sp³-hybridized carbons (Fsp3) is 0.222. The van der Waals surface area contributed by atoms with Crippen LogP contribution in [0.3, 0.4) is 0 Å². The molecule has 1 aliphatic carbocycles. The Kier molecular flexibility index (Phi) is 3.55. The minimum Gasteiger partial charge on any atom is -0.392 e. The quantitative estimate of drug-likeness (QED) is 0.778. The highest BCUT2D eigenvalue weighted by molar-refractivity contribution is 5.57. The van der Waals surface area contributed by atoms with Gasteiger partial charge in [-0.25, -0.2) is 4.98 Å². The van der Waals surface area contributed by atoms with Crippen LogP contribution < -0.4 is 5.32 Å². The van der Waals surface area contributed by atoms with E-state index in [1.54, 1.807) is 6.20 Å². The number of aromatic nitrogens is 3. The van der Waals surface area contributed by atoms with Gasteiger partial charge in [0.15, 0.2) is 0 Å². The minimum atomic E-state index is 0.0261.